The lowest BCUT2D eigenvalue weighted by atomic mass is 10.0. The lowest BCUT2D eigenvalue weighted by Gasteiger charge is -2.35. The Kier molecular flexibility index (Phi) is 7.23. The zero-order valence-electron chi connectivity index (χ0n) is 11.8. The number of nitrogens with two attached hydrogens (primary N) is 1. The summed E-state index contributed by atoms with van der Waals surface area (Å²) in [5, 5.41) is 3.36. The van der Waals surface area contributed by atoms with E-state index in [0.717, 1.165) is 52.1 Å². The Hall–Kier alpha value is -0.650. The molecule has 1 aliphatic heterocycles. The van der Waals surface area contributed by atoms with Gasteiger partial charge in [-0.25, -0.2) is 0 Å². The highest BCUT2D eigenvalue weighted by atomic mass is 16.1. The molecule has 1 aliphatic rings. The molecule has 0 atom stereocenters. The van der Waals surface area contributed by atoms with E-state index in [2.05, 4.69) is 29.0 Å². The average molecular weight is 256 g/mol. The molecule has 0 radical (unpaired) electrons. The van der Waals surface area contributed by atoms with Gasteiger partial charge in [-0.05, 0) is 39.0 Å². The molecular weight excluding hydrogens is 228 g/mol. The zero-order valence-corrected chi connectivity index (χ0v) is 11.8. The van der Waals surface area contributed by atoms with Crippen molar-refractivity contribution >= 4 is 5.91 Å². The molecule has 0 aromatic heterocycles. The van der Waals surface area contributed by atoms with Crippen molar-refractivity contribution in [1.82, 2.24) is 15.1 Å². The number of amides is 1. The fourth-order valence-electron chi connectivity index (χ4n) is 2.57. The first-order chi connectivity index (χ1) is 8.67. The van der Waals surface area contributed by atoms with E-state index >= 15 is 0 Å². The molecule has 1 amide bonds. The summed E-state index contributed by atoms with van der Waals surface area (Å²) in [5.41, 5.74) is 5.36. The van der Waals surface area contributed by atoms with E-state index in [1.54, 1.807) is 0 Å². The molecule has 0 spiro atoms. The molecule has 5 heteroatoms. The van der Waals surface area contributed by atoms with Crippen LogP contribution in [0.5, 0.6) is 0 Å². The highest BCUT2D eigenvalue weighted by Crippen LogP contribution is 2.11. The molecule has 0 aromatic rings. The maximum atomic E-state index is 11.2. The van der Waals surface area contributed by atoms with Crippen molar-refractivity contribution in [3.63, 3.8) is 0 Å². The van der Waals surface area contributed by atoms with Crippen molar-refractivity contribution < 1.29 is 4.79 Å². The van der Waals surface area contributed by atoms with Gasteiger partial charge >= 0.3 is 0 Å². The van der Waals surface area contributed by atoms with E-state index in [0.29, 0.717) is 12.6 Å². The second kappa shape index (κ2) is 8.45. The predicted molar refractivity (Wildman–Crippen MR) is 74.4 cm³/mol. The van der Waals surface area contributed by atoms with Crippen molar-refractivity contribution in [2.75, 3.05) is 45.8 Å². The summed E-state index contributed by atoms with van der Waals surface area (Å²) in [5.74, 6) is -0.215. The van der Waals surface area contributed by atoms with Crippen LogP contribution in [0.3, 0.4) is 0 Å². The van der Waals surface area contributed by atoms with Gasteiger partial charge in [0, 0.05) is 19.1 Å². The van der Waals surface area contributed by atoms with Crippen LogP contribution in [0.4, 0.5) is 0 Å². The fraction of sp³-hybridized carbons (Fsp3) is 0.923. The van der Waals surface area contributed by atoms with Crippen molar-refractivity contribution in [1.29, 1.82) is 0 Å². The average Bonchev–Trinajstić information content (AvgIpc) is 2.39. The maximum absolute atomic E-state index is 11.2. The Balaban J connectivity index is 2.46. The van der Waals surface area contributed by atoms with Gasteiger partial charge in [0.25, 0.3) is 0 Å². The topological polar surface area (TPSA) is 61.6 Å². The Bertz CT molecular complexity index is 237. The molecule has 0 saturated carbocycles. The van der Waals surface area contributed by atoms with Gasteiger partial charge in [0.15, 0.2) is 0 Å². The SMILES string of the molecule is CCN(CC)CCN(CC(N)=O)C1CCNCC1. The van der Waals surface area contributed by atoms with Gasteiger partial charge in [0.1, 0.15) is 0 Å². The molecule has 3 N–H and O–H groups in total. The van der Waals surface area contributed by atoms with Crippen LogP contribution in [0.25, 0.3) is 0 Å². The molecule has 1 rings (SSSR count). The maximum Gasteiger partial charge on any atom is 0.231 e. The van der Waals surface area contributed by atoms with Gasteiger partial charge in [0.05, 0.1) is 6.54 Å². The number of likely N-dealkylation sites (N-methyl/N-ethyl adjacent to an activating group) is 1. The number of hydrogen-bond donors (Lipinski definition) is 2. The van der Waals surface area contributed by atoms with Crippen LogP contribution in [0.15, 0.2) is 0 Å². The van der Waals surface area contributed by atoms with E-state index in [-0.39, 0.29) is 5.91 Å². The van der Waals surface area contributed by atoms with Crippen molar-refractivity contribution in [2.24, 2.45) is 5.73 Å². The molecule has 5 nitrogen and oxygen atoms in total. The lowest BCUT2D eigenvalue weighted by molar-refractivity contribution is -0.119. The molecule has 1 fully saturated rings. The minimum absolute atomic E-state index is 0.215. The van der Waals surface area contributed by atoms with E-state index in [4.69, 9.17) is 5.73 Å². The monoisotopic (exact) mass is 256 g/mol. The Labute approximate surface area is 111 Å². The third-order valence-corrected chi connectivity index (χ3v) is 3.78. The Morgan fingerprint density at radius 3 is 2.33 bits per heavy atom. The minimum atomic E-state index is -0.215. The quantitative estimate of drug-likeness (QED) is 0.635. The molecular formula is C13H28N4O. The predicted octanol–water partition coefficient (Wildman–Crippen LogP) is -0.132. The second-order valence-electron chi connectivity index (χ2n) is 4.94. The summed E-state index contributed by atoms with van der Waals surface area (Å²) in [6, 6.07) is 0.509. The number of carbonyl (C=O) groups excluding carboxylic acids is 1. The minimum Gasteiger partial charge on any atom is -0.369 e. The van der Waals surface area contributed by atoms with Crippen LogP contribution in [0.1, 0.15) is 26.7 Å². The first-order valence-corrected chi connectivity index (χ1v) is 7.12. The van der Waals surface area contributed by atoms with Crippen LogP contribution in [-0.4, -0.2) is 67.6 Å². The molecule has 0 unspecified atom stereocenters. The van der Waals surface area contributed by atoms with Gasteiger partial charge in [-0.15, -0.1) is 0 Å². The third kappa shape index (κ3) is 5.33. The van der Waals surface area contributed by atoms with E-state index in [1.807, 2.05) is 0 Å². The highest BCUT2D eigenvalue weighted by Gasteiger charge is 2.22. The van der Waals surface area contributed by atoms with Crippen LogP contribution in [0, 0.1) is 0 Å². The van der Waals surface area contributed by atoms with Crippen LogP contribution < -0.4 is 11.1 Å². The standard InChI is InChI=1S/C13H28N4O/c1-3-16(4-2)9-10-17(11-13(14)18)12-5-7-15-8-6-12/h12,15H,3-11H2,1-2H3,(H2,14,18). The van der Waals surface area contributed by atoms with Gasteiger partial charge in [-0.2, -0.15) is 0 Å². The molecule has 1 saturated heterocycles. The van der Waals surface area contributed by atoms with E-state index in [9.17, 15) is 4.79 Å². The summed E-state index contributed by atoms with van der Waals surface area (Å²) in [6.45, 7) is 10.9. The zero-order chi connectivity index (χ0) is 13.4. The third-order valence-electron chi connectivity index (χ3n) is 3.78. The summed E-state index contributed by atoms with van der Waals surface area (Å²) in [4.78, 5) is 15.8. The van der Waals surface area contributed by atoms with Crippen LogP contribution >= 0.6 is 0 Å². The van der Waals surface area contributed by atoms with Gasteiger partial charge in [0.2, 0.25) is 5.91 Å². The Morgan fingerprint density at radius 1 is 1.22 bits per heavy atom. The van der Waals surface area contributed by atoms with Crippen molar-refractivity contribution in [3.05, 3.63) is 0 Å². The smallest absolute Gasteiger partial charge is 0.231 e. The molecule has 1 heterocycles. The number of hydrogen-bond acceptors (Lipinski definition) is 4. The first-order valence-electron chi connectivity index (χ1n) is 7.12. The molecule has 0 bridgehead atoms. The van der Waals surface area contributed by atoms with E-state index in [1.165, 1.54) is 0 Å². The van der Waals surface area contributed by atoms with Crippen molar-refractivity contribution in [2.45, 2.75) is 32.7 Å². The fourth-order valence-corrected chi connectivity index (χ4v) is 2.57. The summed E-state index contributed by atoms with van der Waals surface area (Å²) in [7, 11) is 0. The summed E-state index contributed by atoms with van der Waals surface area (Å²) in [6.07, 6.45) is 2.23. The number of primary amides is 1. The molecule has 18 heavy (non-hydrogen) atoms. The van der Waals surface area contributed by atoms with Gasteiger partial charge in [-0.3, -0.25) is 9.69 Å². The lowest BCUT2D eigenvalue weighted by Crippen LogP contribution is -2.49. The molecule has 0 aromatic carbocycles. The summed E-state index contributed by atoms with van der Waals surface area (Å²) >= 11 is 0. The van der Waals surface area contributed by atoms with Crippen molar-refractivity contribution in [3.8, 4) is 0 Å². The van der Waals surface area contributed by atoms with E-state index < -0.39 is 0 Å². The largest absolute Gasteiger partial charge is 0.369 e. The molecule has 106 valence electrons. The first kappa shape index (κ1) is 15.4. The number of piperidine rings is 1. The number of rotatable bonds is 8. The second-order valence-corrected chi connectivity index (χ2v) is 4.94. The molecule has 0 aliphatic carbocycles. The Morgan fingerprint density at radius 2 is 1.83 bits per heavy atom. The van der Waals surface area contributed by atoms with Gasteiger partial charge in [-0.1, -0.05) is 13.8 Å². The van der Waals surface area contributed by atoms with Gasteiger partial charge < -0.3 is 16.0 Å². The number of carbonyl (C=O) groups is 1. The number of nitrogens with zero attached hydrogens (tertiary/aromatic N) is 2. The number of nitrogens with one attached hydrogen (secondary N) is 1. The summed E-state index contributed by atoms with van der Waals surface area (Å²) < 4.78 is 0. The normalized spacial score (nSPS) is 17.6. The van der Waals surface area contributed by atoms with Crippen LogP contribution in [0.2, 0.25) is 0 Å². The highest BCUT2D eigenvalue weighted by molar-refractivity contribution is 5.75. The van der Waals surface area contributed by atoms with Crippen LogP contribution in [-0.2, 0) is 4.79 Å².